The first-order chi connectivity index (χ1) is 8.28. The molecule has 18 heavy (non-hydrogen) atoms. The molecule has 100 valence electrons. The van der Waals surface area contributed by atoms with E-state index < -0.39 is 5.60 Å². The van der Waals surface area contributed by atoms with Gasteiger partial charge in [0.05, 0.1) is 0 Å². The molecule has 1 N–H and O–H groups in total. The molecule has 0 aromatic heterocycles. The number of ether oxygens (including phenoxy) is 1. The van der Waals surface area contributed by atoms with Crippen molar-refractivity contribution < 1.29 is 9.53 Å². The van der Waals surface area contributed by atoms with Crippen LogP contribution in [0, 0.1) is 0 Å². The third kappa shape index (κ3) is 5.54. The quantitative estimate of drug-likeness (QED) is 0.919. The smallest absolute Gasteiger partial charge is 0.407 e. The fraction of sp³-hybridized carbons (Fsp3) is 0.500. The molecule has 0 aliphatic carbocycles. The third-order valence-corrected chi connectivity index (χ3v) is 3.02. The maximum Gasteiger partial charge on any atom is 0.407 e. The highest BCUT2D eigenvalue weighted by Gasteiger charge is 2.17. The van der Waals surface area contributed by atoms with Gasteiger partial charge in [-0.3, -0.25) is 0 Å². The molecule has 0 fully saturated rings. The average Bonchev–Trinajstić information content (AvgIpc) is 2.18. The lowest BCUT2D eigenvalue weighted by Gasteiger charge is -2.22. The Morgan fingerprint density at radius 3 is 2.56 bits per heavy atom. The van der Waals surface area contributed by atoms with Crippen molar-refractivity contribution in [3.63, 3.8) is 0 Å². The second kappa shape index (κ2) is 6.23. The van der Waals surface area contributed by atoms with Crippen molar-refractivity contribution in [3.05, 3.63) is 34.3 Å². The molecule has 0 spiro atoms. The lowest BCUT2D eigenvalue weighted by atomic mass is 10.1. The van der Waals surface area contributed by atoms with Crippen LogP contribution in [-0.4, -0.2) is 17.7 Å². The van der Waals surface area contributed by atoms with Gasteiger partial charge in [-0.1, -0.05) is 34.1 Å². The minimum atomic E-state index is -0.461. The summed E-state index contributed by atoms with van der Waals surface area (Å²) in [5, 5.41) is 2.83. The van der Waals surface area contributed by atoms with Gasteiger partial charge in [-0.2, -0.15) is 0 Å². The van der Waals surface area contributed by atoms with Crippen LogP contribution in [0.25, 0.3) is 0 Å². The summed E-state index contributed by atoms with van der Waals surface area (Å²) in [5.74, 6) is 0. The van der Waals surface area contributed by atoms with Crippen LogP contribution in [0.4, 0.5) is 4.79 Å². The molecule has 0 radical (unpaired) electrons. The second-order valence-electron chi connectivity index (χ2n) is 5.34. The van der Waals surface area contributed by atoms with Crippen LogP contribution in [0.2, 0.25) is 0 Å². The van der Waals surface area contributed by atoms with Crippen LogP contribution in [0.15, 0.2) is 28.7 Å². The lowest BCUT2D eigenvalue weighted by Crippen LogP contribution is -2.38. The number of carbonyl (C=O) groups excluding carboxylic acids is 1. The van der Waals surface area contributed by atoms with Gasteiger partial charge in [0.2, 0.25) is 0 Å². The monoisotopic (exact) mass is 313 g/mol. The highest BCUT2D eigenvalue weighted by Crippen LogP contribution is 2.17. The first kappa shape index (κ1) is 15.0. The number of rotatable bonds is 3. The molecule has 1 aromatic carbocycles. The van der Waals surface area contributed by atoms with E-state index in [0.29, 0.717) is 0 Å². The lowest BCUT2D eigenvalue weighted by molar-refractivity contribution is 0.0508. The minimum absolute atomic E-state index is 0.0264. The summed E-state index contributed by atoms with van der Waals surface area (Å²) >= 11 is 3.50. The van der Waals surface area contributed by atoms with Crippen LogP contribution in [0.5, 0.6) is 0 Å². The zero-order chi connectivity index (χ0) is 13.8. The van der Waals surface area contributed by atoms with E-state index in [0.717, 1.165) is 10.9 Å². The first-order valence-electron chi connectivity index (χ1n) is 6.01. The predicted molar refractivity (Wildman–Crippen MR) is 76.7 cm³/mol. The number of benzene rings is 1. The number of amides is 1. The van der Waals surface area contributed by atoms with Gasteiger partial charge < -0.3 is 10.1 Å². The van der Waals surface area contributed by atoms with Crippen LogP contribution in [-0.2, 0) is 11.2 Å². The zero-order valence-corrected chi connectivity index (χ0v) is 12.9. The van der Waals surface area contributed by atoms with E-state index in [1.165, 1.54) is 5.56 Å². The number of alkyl carbamates (subject to hydrolysis) is 1. The van der Waals surface area contributed by atoms with E-state index in [2.05, 4.69) is 21.2 Å². The fourth-order valence-electron chi connectivity index (χ4n) is 1.55. The van der Waals surface area contributed by atoms with Crippen molar-refractivity contribution in [1.82, 2.24) is 5.32 Å². The van der Waals surface area contributed by atoms with Crippen molar-refractivity contribution in [2.75, 3.05) is 0 Å². The minimum Gasteiger partial charge on any atom is -0.444 e. The van der Waals surface area contributed by atoms with Crippen molar-refractivity contribution in [1.29, 1.82) is 0 Å². The van der Waals surface area contributed by atoms with E-state index >= 15 is 0 Å². The summed E-state index contributed by atoms with van der Waals surface area (Å²) in [6, 6.07) is 8.02. The number of hydrogen-bond donors (Lipinski definition) is 1. The topological polar surface area (TPSA) is 38.3 Å². The molecule has 0 unspecified atom stereocenters. The summed E-state index contributed by atoms with van der Waals surface area (Å²) in [6.07, 6.45) is 0.391. The molecule has 1 aromatic rings. The van der Waals surface area contributed by atoms with E-state index in [-0.39, 0.29) is 12.1 Å². The van der Waals surface area contributed by atoms with Crippen LogP contribution in [0.1, 0.15) is 33.3 Å². The Labute approximate surface area is 117 Å². The Bertz CT molecular complexity index is 413. The van der Waals surface area contributed by atoms with Crippen molar-refractivity contribution in [3.8, 4) is 0 Å². The summed E-state index contributed by atoms with van der Waals surface area (Å²) in [5.41, 5.74) is 0.706. The Morgan fingerprint density at radius 2 is 2.00 bits per heavy atom. The summed E-state index contributed by atoms with van der Waals surface area (Å²) in [6.45, 7) is 7.52. The number of halogens is 1. The Balaban J connectivity index is 2.50. The molecular formula is C14H20BrNO2. The molecule has 0 saturated heterocycles. The van der Waals surface area contributed by atoms with Crippen molar-refractivity contribution >= 4 is 22.0 Å². The Kier molecular flexibility index (Phi) is 5.20. The van der Waals surface area contributed by atoms with E-state index in [9.17, 15) is 4.79 Å². The SMILES string of the molecule is C[C@@H](Cc1ccccc1Br)NC(=O)OC(C)(C)C. The van der Waals surface area contributed by atoms with Crippen molar-refractivity contribution in [2.24, 2.45) is 0 Å². The van der Waals surface area contributed by atoms with Gasteiger partial charge in [-0.05, 0) is 45.7 Å². The van der Waals surface area contributed by atoms with E-state index in [4.69, 9.17) is 4.74 Å². The predicted octanol–water partition coefficient (Wildman–Crippen LogP) is 3.90. The summed E-state index contributed by atoms with van der Waals surface area (Å²) < 4.78 is 6.27. The molecule has 3 nitrogen and oxygen atoms in total. The van der Waals surface area contributed by atoms with E-state index in [1.54, 1.807) is 0 Å². The van der Waals surface area contributed by atoms with Gasteiger partial charge in [-0.25, -0.2) is 4.79 Å². The normalized spacial score (nSPS) is 12.9. The molecule has 0 aliphatic rings. The maximum absolute atomic E-state index is 11.6. The van der Waals surface area contributed by atoms with Gasteiger partial charge in [0.15, 0.2) is 0 Å². The third-order valence-electron chi connectivity index (χ3n) is 2.25. The van der Waals surface area contributed by atoms with Gasteiger partial charge >= 0.3 is 6.09 Å². The molecule has 1 rings (SSSR count). The largest absolute Gasteiger partial charge is 0.444 e. The molecule has 1 amide bonds. The zero-order valence-electron chi connectivity index (χ0n) is 11.3. The van der Waals surface area contributed by atoms with Crippen LogP contribution < -0.4 is 5.32 Å². The second-order valence-corrected chi connectivity index (χ2v) is 6.20. The number of carbonyl (C=O) groups is 1. The molecule has 1 atom stereocenters. The van der Waals surface area contributed by atoms with Crippen molar-refractivity contribution in [2.45, 2.75) is 45.8 Å². The standard InChI is InChI=1S/C14H20BrNO2/c1-10(16-13(17)18-14(2,3)4)9-11-7-5-6-8-12(11)15/h5-8,10H,9H2,1-4H3,(H,16,17)/t10-/m0/s1. The van der Waals surface area contributed by atoms with Gasteiger partial charge in [0.25, 0.3) is 0 Å². The summed E-state index contributed by atoms with van der Waals surface area (Å²) in [4.78, 5) is 11.6. The molecular weight excluding hydrogens is 294 g/mol. The van der Waals surface area contributed by atoms with Crippen LogP contribution in [0.3, 0.4) is 0 Å². The molecule has 0 aliphatic heterocycles. The van der Waals surface area contributed by atoms with E-state index in [1.807, 2.05) is 52.0 Å². The number of nitrogens with one attached hydrogen (secondary N) is 1. The molecule has 0 bridgehead atoms. The first-order valence-corrected chi connectivity index (χ1v) is 6.80. The van der Waals surface area contributed by atoms with Crippen LogP contribution >= 0.6 is 15.9 Å². The van der Waals surface area contributed by atoms with Gasteiger partial charge in [-0.15, -0.1) is 0 Å². The maximum atomic E-state index is 11.6. The Hall–Kier alpha value is -1.03. The van der Waals surface area contributed by atoms with Gasteiger partial charge in [0, 0.05) is 10.5 Å². The summed E-state index contributed by atoms with van der Waals surface area (Å²) in [7, 11) is 0. The number of hydrogen-bond acceptors (Lipinski definition) is 2. The Morgan fingerprint density at radius 1 is 1.39 bits per heavy atom. The highest BCUT2D eigenvalue weighted by molar-refractivity contribution is 9.10. The fourth-order valence-corrected chi connectivity index (χ4v) is 2.00. The molecule has 0 saturated carbocycles. The van der Waals surface area contributed by atoms with Gasteiger partial charge in [0.1, 0.15) is 5.60 Å². The molecule has 4 heteroatoms. The highest BCUT2D eigenvalue weighted by atomic mass is 79.9. The average molecular weight is 314 g/mol. The molecule has 0 heterocycles.